The van der Waals surface area contributed by atoms with Crippen molar-refractivity contribution in [2.45, 2.75) is 5.88 Å². The number of nitriles is 1. The molecule has 0 atom stereocenters. The summed E-state index contributed by atoms with van der Waals surface area (Å²) in [6, 6.07) is 12.2. The van der Waals surface area contributed by atoms with E-state index in [1.165, 1.54) is 12.1 Å². The van der Waals surface area contributed by atoms with Crippen molar-refractivity contribution in [3.63, 3.8) is 0 Å². The molecule has 0 bridgehead atoms. The second kappa shape index (κ2) is 6.18. The smallest absolute Gasteiger partial charge is 0.255 e. The summed E-state index contributed by atoms with van der Waals surface area (Å²) in [5, 5.41) is 11.5. The first kappa shape index (κ1) is 14.0. The zero-order valence-corrected chi connectivity index (χ0v) is 11.1. The Kier molecular flexibility index (Phi) is 4.34. The van der Waals surface area contributed by atoms with Gasteiger partial charge in [-0.25, -0.2) is 4.39 Å². The van der Waals surface area contributed by atoms with Gasteiger partial charge in [-0.05, 0) is 35.9 Å². The standard InChI is InChI=1S/C15H10ClFN2O/c16-8-10-1-3-11(4-2-10)15(20)19-14-6-5-13(17)7-12(14)9-18/h1-7H,8H2,(H,19,20). The van der Waals surface area contributed by atoms with Gasteiger partial charge in [0.25, 0.3) is 5.91 Å². The molecule has 0 unspecified atom stereocenters. The van der Waals surface area contributed by atoms with Gasteiger partial charge < -0.3 is 5.32 Å². The Balaban J connectivity index is 2.21. The van der Waals surface area contributed by atoms with Crippen molar-refractivity contribution in [2.75, 3.05) is 5.32 Å². The quantitative estimate of drug-likeness (QED) is 0.876. The van der Waals surface area contributed by atoms with Crippen LogP contribution in [0.2, 0.25) is 0 Å². The SMILES string of the molecule is N#Cc1cc(F)ccc1NC(=O)c1ccc(CCl)cc1. The molecule has 5 heteroatoms. The first-order valence-electron chi connectivity index (χ1n) is 5.80. The van der Waals surface area contributed by atoms with Gasteiger partial charge in [0.1, 0.15) is 11.9 Å². The highest BCUT2D eigenvalue weighted by Gasteiger charge is 2.09. The topological polar surface area (TPSA) is 52.9 Å². The van der Waals surface area contributed by atoms with Gasteiger partial charge in [-0.1, -0.05) is 12.1 Å². The van der Waals surface area contributed by atoms with Gasteiger partial charge in [0.05, 0.1) is 11.3 Å². The van der Waals surface area contributed by atoms with Crippen LogP contribution in [0, 0.1) is 17.1 Å². The number of alkyl halides is 1. The summed E-state index contributed by atoms with van der Waals surface area (Å²) in [6.07, 6.45) is 0. The molecule has 20 heavy (non-hydrogen) atoms. The molecule has 2 aromatic rings. The van der Waals surface area contributed by atoms with Crippen LogP contribution < -0.4 is 5.32 Å². The van der Waals surface area contributed by atoms with Crippen molar-refractivity contribution in [3.05, 3.63) is 65.0 Å². The van der Waals surface area contributed by atoms with Gasteiger partial charge in [0, 0.05) is 11.4 Å². The lowest BCUT2D eigenvalue weighted by molar-refractivity contribution is 0.102. The molecule has 0 heterocycles. The van der Waals surface area contributed by atoms with E-state index in [4.69, 9.17) is 16.9 Å². The van der Waals surface area contributed by atoms with E-state index < -0.39 is 5.82 Å². The fraction of sp³-hybridized carbons (Fsp3) is 0.0667. The number of anilines is 1. The number of carbonyl (C=O) groups excluding carboxylic acids is 1. The fourth-order valence-electron chi connectivity index (χ4n) is 1.66. The normalized spacial score (nSPS) is 9.85. The van der Waals surface area contributed by atoms with Crippen LogP contribution in [0.4, 0.5) is 10.1 Å². The van der Waals surface area contributed by atoms with Crippen LogP contribution >= 0.6 is 11.6 Å². The van der Waals surface area contributed by atoms with Gasteiger partial charge in [0.15, 0.2) is 0 Å². The number of rotatable bonds is 3. The lowest BCUT2D eigenvalue weighted by atomic mass is 10.1. The van der Waals surface area contributed by atoms with E-state index in [1.807, 2.05) is 6.07 Å². The van der Waals surface area contributed by atoms with Crippen LogP contribution in [0.25, 0.3) is 0 Å². The van der Waals surface area contributed by atoms with E-state index in [1.54, 1.807) is 24.3 Å². The average Bonchev–Trinajstić information content (AvgIpc) is 2.49. The molecule has 0 aromatic heterocycles. The Hall–Kier alpha value is -2.38. The van der Waals surface area contributed by atoms with E-state index >= 15 is 0 Å². The number of amides is 1. The predicted octanol–water partition coefficient (Wildman–Crippen LogP) is 3.69. The molecule has 100 valence electrons. The predicted molar refractivity (Wildman–Crippen MR) is 75.1 cm³/mol. The lowest BCUT2D eigenvalue weighted by Crippen LogP contribution is -2.13. The Morgan fingerprint density at radius 3 is 2.55 bits per heavy atom. The molecule has 2 rings (SSSR count). The molecule has 1 amide bonds. The highest BCUT2D eigenvalue weighted by atomic mass is 35.5. The third-order valence-corrected chi connectivity index (χ3v) is 3.03. The van der Waals surface area contributed by atoms with E-state index in [0.717, 1.165) is 11.6 Å². The number of nitrogens with one attached hydrogen (secondary N) is 1. The summed E-state index contributed by atoms with van der Waals surface area (Å²) in [5.41, 5.74) is 1.70. The highest BCUT2D eigenvalue weighted by Crippen LogP contribution is 2.17. The number of carbonyl (C=O) groups is 1. The van der Waals surface area contributed by atoms with Crippen molar-refractivity contribution in [1.29, 1.82) is 5.26 Å². The molecule has 0 spiro atoms. The number of nitrogens with zero attached hydrogens (tertiary/aromatic N) is 1. The minimum Gasteiger partial charge on any atom is -0.321 e. The second-order valence-corrected chi connectivity index (χ2v) is 4.35. The number of hydrogen-bond acceptors (Lipinski definition) is 2. The van der Waals surface area contributed by atoms with Crippen molar-refractivity contribution in [1.82, 2.24) is 0 Å². The lowest BCUT2D eigenvalue weighted by Gasteiger charge is -2.07. The molecule has 1 N–H and O–H groups in total. The second-order valence-electron chi connectivity index (χ2n) is 4.09. The van der Waals surface area contributed by atoms with E-state index in [9.17, 15) is 9.18 Å². The van der Waals surface area contributed by atoms with Gasteiger partial charge in [-0.3, -0.25) is 4.79 Å². The molecule has 3 nitrogen and oxygen atoms in total. The largest absolute Gasteiger partial charge is 0.321 e. The highest BCUT2D eigenvalue weighted by molar-refractivity contribution is 6.17. The summed E-state index contributed by atoms with van der Waals surface area (Å²) in [5.74, 6) is -0.515. The van der Waals surface area contributed by atoms with Crippen LogP contribution in [-0.2, 0) is 5.88 Å². The van der Waals surface area contributed by atoms with Gasteiger partial charge >= 0.3 is 0 Å². The zero-order valence-electron chi connectivity index (χ0n) is 10.4. The van der Waals surface area contributed by atoms with Crippen molar-refractivity contribution in [3.8, 4) is 6.07 Å². The molecular formula is C15H10ClFN2O. The molecule has 0 fully saturated rings. The van der Waals surface area contributed by atoms with Crippen molar-refractivity contribution < 1.29 is 9.18 Å². The molecule has 0 aliphatic heterocycles. The summed E-state index contributed by atoms with van der Waals surface area (Å²) in [4.78, 5) is 12.0. The van der Waals surface area contributed by atoms with E-state index in [-0.39, 0.29) is 17.2 Å². The van der Waals surface area contributed by atoms with Crippen LogP contribution in [0.3, 0.4) is 0 Å². The Labute approximate surface area is 120 Å². The van der Waals surface area contributed by atoms with Gasteiger partial charge in [0.2, 0.25) is 0 Å². The van der Waals surface area contributed by atoms with Crippen LogP contribution in [-0.4, -0.2) is 5.91 Å². The zero-order chi connectivity index (χ0) is 14.5. The van der Waals surface area contributed by atoms with Gasteiger partial charge in [-0.2, -0.15) is 5.26 Å². The minimum absolute atomic E-state index is 0.0794. The van der Waals surface area contributed by atoms with Crippen molar-refractivity contribution in [2.24, 2.45) is 0 Å². The third-order valence-electron chi connectivity index (χ3n) is 2.72. The van der Waals surface area contributed by atoms with Crippen LogP contribution in [0.5, 0.6) is 0 Å². The number of hydrogen-bond donors (Lipinski definition) is 1. The monoisotopic (exact) mass is 288 g/mol. The first-order chi connectivity index (χ1) is 9.63. The molecule has 0 saturated heterocycles. The molecule has 0 aliphatic rings. The maximum atomic E-state index is 13.0. The Morgan fingerprint density at radius 2 is 1.95 bits per heavy atom. The summed E-state index contributed by atoms with van der Waals surface area (Å²) < 4.78 is 13.0. The average molecular weight is 289 g/mol. The number of halogens is 2. The van der Waals surface area contributed by atoms with Crippen LogP contribution in [0.15, 0.2) is 42.5 Å². The first-order valence-corrected chi connectivity index (χ1v) is 6.33. The third kappa shape index (κ3) is 3.14. The molecule has 0 radical (unpaired) electrons. The fourth-order valence-corrected chi connectivity index (χ4v) is 1.84. The molecule has 0 aliphatic carbocycles. The summed E-state index contributed by atoms with van der Waals surface area (Å²) >= 11 is 5.67. The van der Waals surface area contributed by atoms with E-state index in [2.05, 4.69) is 5.32 Å². The molecule has 0 saturated carbocycles. The number of benzene rings is 2. The van der Waals surface area contributed by atoms with E-state index in [0.29, 0.717) is 11.4 Å². The van der Waals surface area contributed by atoms with Crippen LogP contribution in [0.1, 0.15) is 21.5 Å². The Morgan fingerprint density at radius 1 is 1.25 bits per heavy atom. The maximum absolute atomic E-state index is 13.0. The van der Waals surface area contributed by atoms with Gasteiger partial charge in [-0.15, -0.1) is 11.6 Å². The maximum Gasteiger partial charge on any atom is 0.255 e. The summed E-state index contributed by atoms with van der Waals surface area (Å²) in [6.45, 7) is 0. The van der Waals surface area contributed by atoms with Crippen molar-refractivity contribution >= 4 is 23.2 Å². The summed E-state index contributed by atoms with van der Waals surface area (Å²) in [7, 11) is 0. The minimum atomic E-state index is -0.522. The molecular weight excluding hydrogens is 279 g/mol. The Bertz CT molecular complexity index is 677. The molecule has 2 aromatic carbocycles.